The number of rotatable bonds is 3. The van der Waals surface area contributed by atoms with Gasteiger partial charge in [-0.05, 0) is 19.3 Å². The number of sulfonamides is 1. The Kier molecular flexibility index (Phi) is 3.70. The smallest absolute Gasteiger partial charge is 0.214 e. The van der Waals surface area contributed by atoms with Crippen molar-refractivity contribution in [2.75, 3.05) is 18.8 Å². The average molecular weight is 206 g/mol. The Balaban J connectivity index is 2.60. The van der Waals surface area contributed by atoms with Crippen molar-refractivity contribution in [3.8, 4) is 0 Å². The van der Waals surface area contributed by atoms with Gasteiger partial charge in [-0.3, -0.25) is 0 Å². The van der Waals surface area contributed by atoms with Crippen molar-refractivity contribution in [1.82, 2.24) is 4.31 Å². The lowest BCUT2D eigenvalue weighted by Crippen LogP contribution is -2.46. The molecular formula is C8H18N2O2S. The summed E-state index contributed by atoms with van der Waals surface area (Å²) in [6, 6.07) is 0.0281. The third kappa shape index (κ3) is 2.93. The summed E-state index contributed by atoms with van der Waals surface area (Å²) in [6.07, 6.45) is 2.51. The Morgan fingerprint density at radius 2 is 2.23 bits per heavy atom. The molecule has 1 heterocycles. The molecule has 0 bridgehead atoms. The molecule has 0 amide bonds. The van der Waals surface area contributed by atoms with Crippen molar-refractivity contribution in [3.63, 3.8) is 0 Å². The van der Waals surface area contributed by atoms with Crippen molar-refractivity contribution in [1.29, 1.82) is 0 Å². The summed E-state index contributed by atoms with van der Waals surface area (Å²) in [5.74, 6) is 0.250. The lowest BCUT2D eigenvalue weighted by molar-refractivity contribution is 0.316. The molecule has 78 valence electrons. The Hall–Kier alpha value is -0.130. The van der Waals surface area contributed by atoms with Gasteiger partial charge in [-0.25, -0.2) is 12.7 Å². The van der Waals surface area contributed by atoms with Crippen molar-refractivity contribution < 1.29 is 8.42 Å². The second-order valence-electron chi connectivity index (χ2n) is 3.58. The van der Waals surface area contributed by atoms with Gasteiger partial charge in [0.05, 0.1) is 5.75 Å². The molecule has 4 nitrogen and oxygen atoms in total. The minimum absolute atomic E-state index is 0.0281. The molecule has 1 rings (SSSR count). The van der Waals surface area contributed by atoms with Crippen LogP contribution in [0.2, 0.25) is 0 Å². The Morgan fingerprint density at radius 1 is 1.54 bits per heavy atom. The normalized spacial score (nSPS) is 26.2. The first-order valence-corrected chi connectivity index (χ1v) is 6.40. The Labute approximate surface area is 80.1 Å². The van der Waals surface area contributed by atoms with Crippen LogP contribution in [0.3, 0.4) is 0 Å². The summed E-state index contributed by atoms with van der Waals surface area (Å²) >= 11 is 0. The first kappa shape index (κ1) is 10.9. The van der Waals surface area contributed by atoms with Crippen molar-refractivity contribution in [2.45, 2.75) is 32.2 Å². The summed E-state index contributed by atoms with van der Waals surface area (Å²) < 4.78 is 24.7. The van der Waals surface area contributed by atoms with Crippen LogP contribution >= 0.6 is 0 Å². The van der Waals surface area contributed by atoms with Crippen LogP contribution < -0.4 is 5.73 Å². The lowest BCUT2D eigenvalue weighted by Gasteiger charge is -2.29. The van der Waals surface area contributed by atoms with Crippen LogP contribution in [-0.4, -0.2) is 37.6 Å². The van der Waals surface area contributed by atoms with Crippen LogP contribution in [0.25, 0.3) is 0 Å². The van der Waals surface area contributed by atoms with Gasteiger partial charge in [-0.1, -0.05) is 6.92 Å². The van der Waals surface area contributed by atoms with E-state index in [2.05, 4.69) is 0 Å². The summed E-state index contributed by atoms with van der Waals surface area (Å²) in [7, 11) is -3.01. The van der Waals surface area contributed by atoms with Gasteiger partial charge in [-0.15, -0.1) is 0 Å². The SMILES string of the molecule is CCCS(=O)(=O)N1CCC[C@H](N)C1. The van der Waals surface area contributed by atoms with E-state index in [4.69, 9.17) is 5.73 Å². The summed E-state index contributed by atoms with van der Waals surface area (Å²) in [5, 5.41) is 0. The molecule has 0 saturated carbocycles. The molecule has 0 aromatic rings. The van der Waals surface area contributed by atoms with Gasteiger partial charge in [0.2, 0.25) is 10.0 Å². The molecule has 0 aromatic carbocycles. The minimum atomic E-state index is -3.01. The zero-order valence-electron chi connectivity index (χ0n) is 8.07. The van der Waals surface area contributed by atoms with E-state index in [1.54, 1.807) is 0 Å². The highest BCUT2D eigenvalue weighted by Crippen LogP contribution is 2.13. The highest BCUT2D eigenvalue weighted by Gasteiger charge is 2.26. The predicted molar refractivity (Wildman–Crippen MR) is 52.9 cm³/mol. The molecule has 0 spiro atoms. The van der Waals surface area contributed by atoms with Crippen LogP contribution in [0.1, 0.15) is 26.2 Å². The molecule has 0 aromatic heterocycles. The highest BCUT2D eigenvalue weighted by molar-refractivity contribution is 7.89. The van der Waals surface area contributed by atoms with E-state index in [9.17, 15) is 8.42 Å². The molecule has 0 unspecified atom stereocenters. The van der Waals surface area contributed by atoms with Gasteiger partial charge in [0.25, 0.3) is 0 Å². The van der Waals surface area contributed by atoms with E-state index >= 15 is 0 Å². The van der Waals surface area contributed by atoms with Crippen LogP contribution in [0.15, 0.2) is 0 Å². The van der Waals surface area contributed by atoms with Gasteiger partial charge in [0.15, 0.2) is 0 Å². The van der Waals surface area contributed by atoms with Gasteiger partial charge < -0.3 is 5.73 Å². The molecular weight excluding hydrogens is 188 g/mol. The summed E-state index contributed by atoms with van der Waals surface area (Å²) in [4.78, 5) is 0. The van der Waals surface area contributed by atoms with Gasteiger partial charge in [0.1, 0.15) is 0 Å². The molecule has 1 aliphatic rings. The van der Waals surface area contributed by atoms with E-state index in [0.29, 0.717) is 19.5 Å². The molecule has 1 fully saturated rings. The molecule has 0 radical (unpaired) electrons. The molecule has 2 N–H and O–H groups in total. The fourth-order valence-electron chi connectivity index (χ4n) is 1.61. The molecule has 1 atom stereocenters. The fourth-order valence-corrected chi connectivity index (χ4v) is 3.21. The topological polar surface area (TPSA) is 63.4 Å². The van der Waals surface area contributed by atoms with Crippen LogP contribution in [-0.2, 0) is 10.0 Å². The van der Waals surface area contributed by atoms with Crippen molar-refractivity contribution >= 4 is 10.0 Å². The summed E-state index contributed by atoms with van der Waals surface area (Å²) in [5.41, 5.74) is 5.71. The predicted octanol–water partition coefficient (Wildman–Crippen LogP) is 0.149. The van der Waals surface area contributed by atoms with Gasteiger partial charge in [0, 0.05) is 19.1 Å². The van der Waals surface area contributed by atoms with Crippen molar-refractivity contribution in [2.24, 2.45) is 5.73 Å². The van der Waals surface area contributed by atoms with Crippen LogP contribution in [0.5, 0.6) is 0 Å². The molecule has 1 saturated heterocycles. The Bertz CT molecular complexity index is 251. The lowest BCUT2D eigenvalue weighted by atomic mass is 10.1. The summed E-state index contributed by atoms with van der Waals surface area (Å²) in [6.45, 7) is 3.03. The molecule has 1 aliphatic heterocycles. The monoisotopic (exact) mass is 206 g/mol. The fraction of sp³-hybridized carbons (Fsp3) is 1.00. The van der Waals surface area contributed by atoms with Gasteiger partial charge >= 0.3 is 0 Å². The Morgan fingerprint density at radius 3 is 2.77 bits per heavy atom. The highest BCUT2D eigenvalue weighted by atomic mass is 32.2. The maximum Gasteiger partial charge on any atom is 0.214 e. The first-order chi connectivity index (χ1) is 6.06. The van der Waals surface area contributed by atoms with E-state index in [0.717, 1.165) is 12.8 Å². The molecule has 0 aliphatic carbocycles. The second kappa shape index (κ2) is 4.39. The first-order valence-electron chi connectivity index (χ1n) is 4.79. The number of nitrogens with two attached hydrogens (primary N) is 1. The maximum absolute atomic E-state index is 11.6. The average Bonchev–Trinajstić information content (AvgIpc) is 2.04. The maximum atomic E-state index is 11.6. The standard InChI is InChI=1S/C8H18N2O2S/c1-2-6-13(11,12)10-5-3-4-8(9)7-10/h8H,2-7,9H2,1H3/t8-/m0/s1. The quantitative estimate of drug-likeness (QED) is 0.715. The number of hydrogen-bond donors (Lipinski definition) is 1. The zero-order valence-corrected chi connectivity index (χ0v) is 8.89. The van der Waals surface area contributed by atoms with E-state index < -0.39 is 10.0 Å². The largest absolute Gasteiger partial charge is 0.327 e. The van der Waals surface area contributed by atoms with E-state index in [1.165, 1.54) is 4.31 Å². The number of nitrogens with zero attached hydrogens (tertiary/aromatic N) is 1. The van der Waals surface area contributed by atoms with Gasteiger partial charge in [-0.2, -0.15) is 0 Å². The number of piperidine rings is 1. The third-order valence-corrected chi connectivity index (χ3v) is 4.32. The molecule has 5 heteroatoms. The van der Waals surface area contributed by atoms with Crippen LogP contribution in [0, 0.1) is 0 Å². The van der Waals surface area contributed by atoms with Crippen LogP contribution in [0.4, 0.5) is 0 Å². The second-order valence-corrected chi connectivity index (χ2v) is 5.66. The number of hydrogen-bond acceptors (Lipinski definition) is 3. The van der Waals surface area contributed by atoms with E-state index in [1.807, 2.05) is 6.92 Å². The van der Waals surface area contributed by atoms with Crippen molar-refractivity contribution in [3.05, 3.63) is 0 Å². The third-order valence-electron chi connectivity index (χ3n) is 2.28. The van der Waals surface area contributed by atoms with E-state index in [-0.39, 0.29) is 11.8 Å². The zero-order chi connectivity index (χ0) is 9.90. The molecule has 13 heavy (non-hydrogen) atoms. The minimum Gasteiger partial charge on any atom is -0.327 e.